The lowest BCUT2D eigenvalue weighted by molar-refractivity contribution is 0.135. The first-order chi connectivity index (χ1) is 15.3. The SMILES string of the molecule is O=C(NC(c1ccccc1)c1ccccc1)N1CC(c2nc(-c3cccnc3)no2)C1. The molecule has 0 atom stereocenters. The fraction of sp³-hybridized carbons (Fsp3) is 0.167. The molecule has 31 heavy (non-hydrogen) atoms. The highest BCUT2D eigenvalue weighted by molar-refractivity contribution is 5.76. The summed E-state index contributed by atoms with van der Waals surface area (Å²) in [6.07, 6.45) is 3.40. The quantitative estimate of drug-likeness (QED) is 0.536. The number of rotatable bonds is 5. The van der Waals surface area contributed by atoms with Crippen molar-refractivity contribution in [2.45, 2.75) is 12.0 Å². The van der Waals surface area contributed by atoms with E-state index < -0.39 is 0 Å². The zero-order valence-electron chi connectivity index (χ0n) is 16.8. The minimum atomic E-state index is -0.213. The molecule has 0 spiro atoms. The van der Waals surface area contributed by atoms with Crippen LogP contribution in [-0.2, 0) is 0 Å². The summed E-state index contributed by atoms with van der Waals surface area (Å²) >= 11 is 0. The van der Waals surface area contributed by atoms with Gasteiger partial charge in [0.1, 0.15) is 0 Å². The Balaban J connectivity index is 1.25. The molecule has 0 bridgehead atoms. The van der Waals surface area contributed by atoms with Crippen LogP contribution in [0.5, 0.6) is 0 Å². The topological polar surface area (TPSA) is 84.2 Å². The Labute approximate surface area is 179 Å². The van der Waals surface area contributed by atoms with Crippen LogP contribution >= 0.6 is 0 Å². The van der Waals surface area contributed by atoms with Crippen LogP contribution in [0.25, 0.3) is 11.4 Å². The Morgan fingerprint density at radius 3 is 2.26 bits per heavy atom. The van der Waals surface area contributed by atoms with E-state index in [0.29, 0.717) is 24.8 Å². The van der Waals surface area contributed by atoms with Crippen LogP contribution in [-0.4, -0.2) is 39.1 Å². The number of hydrogen-bond acceptors (Lipinski definition) is 5. The second-order valence-corrected chi connectivity index (χ2v) is 7.50. The number of nitrogens with zero attached hydrogens (tertiary/aromatic N) is 4. The summed E-state index contributed by atoms with van der Waals surface area (Å²) in [6, 6.07) is 23.3. The van der Waals surface area contributed by atoms with Crippen LogP contribution < -0.4 is 5.32 Å². The lowest BCUT2D eigenvalue weighted by atomic mass is 9.98. The number of amides is 2. The third-order valence-corrected chi connectivity index (χ3v) is 5.41. The van der Waals surface area contributed by atoms with Gasteiger partial charge < -0.3 is 14.7 Å². The average molecular weight is 411 g/mol. The Hall–Kier alpha value is -4.00. The van der Waals surface area contributed by atoms with E-state index in [-0.39, 0.29) is 18.0 Å². The number of carbonyl (C=O) groups is 1. The standard InChI is InChI=1S/C24H21N5O2/c30-24(26-21(17-8-3-1-4-9-17)18-10-5-2-6-11-18)29-15-20(16-29)23-27-22(28-31-23)19-12-7-13-25-14-19/h1-14,20-21H,15-16H2,(H,26,30). The zero-order chi connectivity index (χ0) is 21.0. The average Bonchev–Trinajstić information content (AvgIpc) is 3.28. The Morgan fingerprint density at radius 1 is 0.968 bits per heavy atom. The number of hydrogen-bond donors (Lipinski definition) is 1. The maximum Gasteiger partial charge on any atom is 0.318 e. The summed E-state index contributed by atoms with van der Waals surface area (Å²) in [4.78, 5) is 23.2. The van der Waals surface area contributed by atoms with E-state index >= 15 is 0 Å². The van der Waals surface area contributed by atoms with Crippen LogP contribution in [0.15, 0.2) is 89.7 Å². The van der Waals surface area contributed by atoms with Gasteiger partial charge in [-0.2, -0.15) is 4.98 Å². The van der Waals surface area contributed by atoms with Crippen molar-refractivity contribution < 1.29 is 9.32 Å². The molecule has 2 aromatic heterocycles. The largest absolute Gasteiger partial charge is 0.339 e. The van der Waals surface area contributed by atoms with E-state index in [1.807, 2.05) is 72.8 Å². The number of nitrogens with one attached hydrogen (secondary N) is 1. The number of benzene rings is 2. The fourth-order valence-corrected chi connectivity index (χ4v) is 3.68. The van der Waals surface area contributed by atoms with Crippen molar-refractivity contribution in [2.24, 2.45) is 0 Å². The number of urea groups is 1. The molecular formula is C24H21N5O2. The van der Waals surface area contributed by atoms with Crippen LogP contribution in [0.2, 0.25) is 0 Å². The minimum Gasteiger partial charge on any atom is -0.339 e. The van der Waals surface area contributed by atoms with Crippen molar-refractivity contribution in [2.75, 3.05) is 13.1 Å². The van der Waals surface area contributed by atoms with Gasteiger partial charge in [0.2, 0.25) is 11.7 Å². The smallest absolute Gasteiger partial charge is 0.318 e. The molecule has 1 aliphatic rings. The predicted octanol–water partition coefficient (Wildman–Crippen LogP) is 4.03. The molecule has 1 saturated heterocycles. The predicted molar refractivity (Wildman–Crippen MR) is 115 cm³/mol. The van der Waals surface area contributed by atoms with Crippen LogP contribution in [0.1, 0.15) is 29.0 Å². The molecule has 0 unspecified atom stereocenters. The lowest BCUT2D eigenvalue weighted by Crippen LogP contribution is -2.53. The van der Waals surface area contributed by atoms with Crippen molar-refractivity contribution in [3.63, 3.8) is 0 Å². The summed E-state index contributed by atoms with van der Waals surface area (Å²) in [6.45, 7) is 1.08. The molecule has 0 saturated carbocycles. The molecular weight excluding hydrogens is 390 g/mol. The zero-order valence-corrected chi connectivity index (χ0v) is 16.8. The van der Waals surface area contributed by atoms with E-state index in [1.165, 1.54) is 0 Å². The number of likely N-dealkylation sites (tertiary alicyclic amines) is 1. The van der Waals surface area contributed by atoms with Crippen LogP contribution in [0, 0.1) is 0 Å². The number of aromatic nitrogens is 3. The Bertz CT molecular complexity index is 1100. The Kier molecular flexibility index (Phi) is 5.14. The molecule has 4 aromatic rings. The summed E-state index contributed by atoms with van der Waals surface area (Å²) < 4.78 is 5.42. The molecule has 3 heterocycles. The van der Waals surface area contributed by atoms with Crippen LogP contribution in [0.4, 0.5) is 4.79 Å². The first-order valence-corrected chi connectivity index (χ1v) is 10.2. The van der Waals surface area contributed by atoms with Gasteiger partial charge in [-0.1, -0.05) is 65.8 Å². The normalized spacial score (nSPS) is 13.8. The second-order valence-electron chi connectivity index (χ2n) is 7.50. The molecule has 154 valence electrons. The van der Waals surface area contributed by atoms with Crippen molar-refractivity contribution in [1.29, 1.82) is 0 Å². The van der Waals surface area contributed by atoms with Crippen molar-refractivity contribution in [3.05, 3.63) is 102 Å². The van der Waals surface area contributed by atoms with Gasteiger partial charge in [0.05, 0.1) is 12.0 Å². The highest BCUT2D eigenvalue weighted by Crippen LogP contribution is 2.29. The van der Waals surface area contributed by atoms with E-state index in [4.69, 9.17) is 4.52 Å². The molecule has 1 N–H and O–H groups in total. The van der Waals surface area contributed by atoms with Gasteiger partial charge in [0.25, 0.3) is 0 Å². The maximum absolute atomic E-state index is 12.9. The first-order valence-electron chi connectivity index (χ1n) is 10.2. The molecule has 5 rings (SSSR count). The third-order valence-electron chi connectivity index (χ3n) is 5.41. The Morgan fingerprint density at radius 2 is 1.65 bits per heavy atom. The van der Waals surface area contributed by atoms with Gasteiger partial charge >= 0.3 is 6.03 Å². The number of pyridine rings is 1. The van der Waals surface area contributed by atoms with E-state index in [2.05, 4.69) is 20.4 Å². The van der Waals surface area contributed by atoms with Gasteiger partial charge in [-0.05, 0) is 23.3 Å². The monoisotopic (exact) mass is 411 g/mol. The summed E-state index contributed by atoms with van der Waals surface area (Å²) in [5, 5.41) is 7.21. The van der Waals surface area contributed by atoms with Gasteiger partial charge in [-0.3, -0.25) is 4.98 Å². The van der Waals surface area contributed by atoms with E-state index in [1.54, 1.807) is 17.3 Å². The third kappa shape index (κ3) is 4.02. The van der Waals surface area contributed by atoms with Gasteiger partial charge in [-0.25, -0.2) is 4.79 Å². The van der Waals surface area contributed by atoms with Crippen molar-refractivity contribution in [1.82, 2.24) is 25.3 Å². The van der Waals surface area contributed by atoms with Gasteiger partial charge in [0.15, 0.2) is 0 Å². The molecule has 0 radical (unpaired) electrons. The summed E-state index contributed by atoms with van der Waals surface area (Å²) in [7, 11) is 0. The highest BCUT2D eigenvalue weighted by Gasteiger charge is 2.36. The molecule has 2 amide bonds. The van der Waals surface area contributed by atoms with E-state index in [9.17, 15) is 4.79 Å². The van der Waals surface area contributed by atoms with Crippen molar-refractivity contribution >= 4 is 6.03 Å². The fourth-order valence-electron chi connectivity index (χ4n) is 3.68. The second kappa shape index (κ2) is 8.39. The molecule has 2 aromatic carbocycles. The molecule has 1 fully saturated rings. The van der Waals surface area contributed by atoms with Gasteiger partial charge in [0, 0.05) is 31.0 Å². The van der Waals surface area contributed by atoms with E-state index in [0.717, 1.165) is 16.7 Å². The molecule has 7 nitrogen and oxygen atoms in total. The lowest BCUT2D eigenvalue weighted by Gasteiger charge is -2.38. The minimum absolute atomic E-state index is 0.0376. The maximum atomic E-state index is 12.9. The summed E-state index contributed by atoms with van der Waals surface area (Å²) in [5.41, 5.74) is 2.88. The summed E-state index contributed by atoms with van der Waals surface area (Å²) in [5.74, 6) is 1.10. The van der Waals surface area contributed by atoms with Crippen LogP contribution in [0.3, 0.4) is 0 Å². The van der Waals surface area contributed by atoms with Crippen molar-refractivity contribution in [3.8, 4) is 11.4 Å². The molecule has 0 aliphatic carbocycles. The number of carbonyl (C=O) groups excluding carboxylic acids is 1. The molecule has 7 heteroatoms. The van der Waals surface area contributed by atoms with Gasteiger partial charge in [-0.15, -0.1) is 0 Å². The molecule has 1 aliphatic heterocycles. The first kappa shape index (κ1) is 19.0. The highest BCUT2D eigenvalue weighted by atomic mass is 16.5.